The zero-order valence-corrected chi connectivity index (χ0v) is 18.6. The first-order valence-corrected chi connectivity index (χ1v) is 11.3. The summed E-state index contributed by atoms with van der Waals surface area (Å²) in [5.74, 6) is 0.228. The van der Waals surface area contributed by atoms with Gasteiger partial charge in [0.1, 0.15) is 5.82 Å². The summed E-state index contributed by atoms with van der Waals surface area (Å²) < 4.78 is 15.4. The number of rotatable bonds is 5. The third kappa shape index (κ3) is 4.41. The highest BCUT2D eigenvalue weighted by molar-refractivity contribution is 5.48. The summed E-state index contributed by atoms with van der Waals surface area (Å²) in [7, 11) is 0. The number of benzene rings is 1. The van der Waals surface area contributed by atoms with E-state index >= 15 is 0 Å². The van der Waals surface area contributed by atoms with Gasteiger partial charge in [-0.25, -0.2) is 13.9 Å². The Kier molecular flexibility index (Phi) is 5.70. The van der Waals surface area contributed by atoms with Crippen LogP contribution < -0.4 is 0 Å². The predicted octanol–water partition coefficient (Wildman–Crippen LogP) is 4.85. The molecule has 1 aromatic carbocycles. The van der Waals surface area contributed by atoms with E-state index in [-0.39, 0.29) is 5.82 Å². The molecule has 0 aliphatic carbocycles. The second-order valence-corrected chi connectivity index (χ2v) is 8.92. The summed E-state index contributed by atoms with van der Waals surface area (Å²) in [6, 6.07) is 13.1. The fraction of sp³-hybridized carbons (Fsp3) is 0.346. The lowest BCUT2D eigenvalue weighted by molar-refractivity contribution is 0.199. The van der Waals surface area contributed by atoms with Crippen molar-refractivity contribution in [3.05, 3.63) is 94.4 Å². The van der Waals surface area contributed by atoms with Crippen molar-refractivity contribution in [1.29, 1.82) is 0 Å². The second-order valence-electron chi connectivity index (χ2n) is 8.92. The number of aryl methyl sites for hydroxylation is 2. The van der Waals surface area contributed by atoms with Gasteiger partial charge in [0.15, 0.2) is 5.65 Å². The van der Waals surface area contributed by atoms with Crippen molar-refractivity contribution in [2.45, 2.75) is 45.6 Å². The van der Waals surface area contributed by atoms with Gasteiger partial charge in [-0.3, -0.25) is 9.88 Å². The number of aromatic nitrogens is 4. The van der Waals surface area contributed by atoms with Crippen LogP contribution in [0.3, 0.4) is 0 Å². The molecule has 5 nitrogen and oxygen atoms in total. The van der Waals surface area contributed by atoms with Gasteiger partial charge in [0, 0.05) is 47.8 Å². The summed E-state index contributed by atoms with van der Waals surface area (Å²) in [6.45, 7) is 7.02. The summed E-state index contributed by atoms with van der Waals surface area (Å²) >= 11 is 0. The number of fused-ring (bicyclic) bond motifs is 1. The molecular formula is C26H28FN5. The quantitative estimate of drug-likeness (QED) is 0.455. The number of hydrogen-bond donors (Lipinski definition) is 0. The van der Waals surface area contributed by atoms with Crippen LogP contribution in [0.15, 0.2) is 54.9 Å². The minimum atomic E-state index is -0.193. The summed E-state index contributed by atoms with van der Waals surface area (Å²) in [5.41, 5.74) is 7.49. The Hall–Kier alpha value is -3.12. The molecular weight excluding hydrogens is 401 g/mol. The Labute approximate surface area is 187 Å². The van der Waals surface area contributed by atoms with E-state index in [1.165, 1.54) is 11.6 Å². The van der Waals surface area contributed by atoms with Crippen LogP contribution in [0.5, 0.6) is 0 Å². The second kappa shape index (κ2) is 8.79. The van der Waals surface area contributed by atoms with Crippen LogP contribution in [0.1, 0.15) is 52.5 Å². The van der Waals surface area contributed by atoms with Gasteiger partial charge in [-0.1, -0.05) is 18.2 Å². The third-order valence-corrected chi connectivity index (χ3v) is 6.31. The van der Waals surface area contributed by atoms with Crippen LogP contribution in [0.4, 0.5) is 4.39 Å². The van der Waals surface area contributed by atoms with E-state index in [1.807, 2.05) is 29.9 Å². The Balaban J connectivity index is 1.27. The number of piperidine rings is 1. The largest absolute Gasteiger partial charge is 0.298 e. The maximum Gasteiger partial charge on any atom is 0.159 e. The van der Waals surface area contributed by atoms with E-state index in [9.17, 15) is 4.39 Å². The summed E-state index contributed by atoms with van der Waals surface area (Å²) in [6.07, 6.45) is 6.90. The van der Waals surface area contributed by atoms with E-state index < -0.39 is 0 Å². The van der Waals surface area contributed by atoms with Crippen LogP contribution in [-0.2, 0) is 13.0 Å². The summed E-state index contributed by atoms with van der Waals surface area (Å²) in [5, 5.41) is 4.54. The van der Waals surface area contributed by atoms with Gasteiger partial charge in [0.25, 0.3) is 0 Å². The molecule has 1 atom stereocenters. The van der Waals surface area contributed by atoms with Gasteiger partial charge in [0.2, 0.25) is 0 Å². The van der Waals surface area contributed by atoms with Gasteiger partial charge in [-0.2, -0.15) is 5.10 Å². The van der Waals surface area contributed by atoms with Gasteiger partial charge < -0.3 is 0 Å². The van der Waals surface area contributed by atoms with Crippen LogP contribution >= 0.6 is 0 Å². The van der Waals surface area contributed by atoms with Gasteiger partial charge in [0.05, 0.1) is 6.20 Å². The molecule has 0 amide bonds. The van der Waals surface area contributed by atoms with E-state index in [2.05, 4.69) is 35.1 Å². The zero-order valence-electron chi connectivity index (χ0n) is 18.6. The highest BCUT2D eigenvalue weighted by atomic mass is 19.1. The maximum atomic E-state index is 13.4. The topological polar surface area (TPSA) is 46.3 Å². The van der Waals surface area contributed by atoms with Crippen molar-refractivity contribution < 1.29 is 4.39 Å². The number of pyridine rings is 1. The lowest BCUT2D eigenvalue weighted by Crippen LogP contribution is -2.34. The molecule has 0 unspecified atom stereocenters. The average molecular weight is 430 g/mol. The normalized spacial score (nSPS) is 17.2. The molecule has 1 aliphatic rings. The molecule has 0 N–H and O–H groups in total. The molecule has 0 bridgehead atoms. The van der Waals surface area contributed by atoms with Crippen molar-refractivity contribution in [2.75, 3.05) is 13.1 Å². The molecule has 0 spiro atoms. The molecule has 3 aromatic heterocycles. The smallest absolute Gasteiger partial charge is 0.159 e. The minimum Gasteiger partial charge on any atom is -0.298 e. The molecule has 5 rings (SSSR count). The van der Waals surface area contributed by atoms with Gasteiger partial charge >= 0.3 is 0 Å². The SMILES string of the molecule is Cc1cc(C)n2ncc(CN3CCC[C@H](c4ccc(Cc5cccc(F)c5)cn4)C3)c2n1. The predicted molar refractivity (Wildman–Crippen MR) is 123 cm³/mol. The monoisotopic (exact) mass is 429 g/mol. The molecule has 1 aliphatic heterocycles. The fourth-order valence-corrected chi connectivity index (χ4v) is 4.77. The van der Waals surface area contributed by atoms with Crippen molar-refractivity contribution in [1.82, 2.24) is 24.5 Å². The molecule has 6 heteroatoms. The van der Waals surface area contributed by atoms with Crippen molar-refractivity contribution in [3.8, 4) is 0 Å². The number of nitrogens with zero attached hydrogens (tertiary/aromatic N) is 5. The van der Waals surface area contributed by atoms with Crippen molar-refractivity contribution in [3.63, 3.8) is 0 Å². The maximum absolute atomic E-state index is 13.4. The first-order chi connectivity index (χ1) is 15.5. The lowest BCUT2D eigenvalue weighted by atomic mass is 9.93. The van der Waals surface area contributed by atoms with Crippen molar-refractivity contribution >= 4 is 5.65 Å². The van der Waals surface area contributed by atoms with Crippen LogP contribution in [-0.4, -0.2) is 37.6 Å². The van der Waals surface area contributed by atoms with E-state index in [1.54, 1.807) is 12.1 Å². The Morgan fingerprint density at radius 3 is 2.78 bits per heavy atom. The van der Waals surface area contributed by atoms with Crippen LogP contribution in [0.2, 0.25) is 0 Å². The molecule has 1 fully saturated rings. The number of hydrogen-bond acceptors (Lipinski definition) is 4. The first-order valence-electron chi connectivity index (χ1n) is 11.3. The zero-order chi connectivity index (χ0) is 22.1. The third-order valence-electron chi connectivity index (χ3n) is 6.31. The van der Waals surface area contributed by atoms with Crippen molar-refractivity contribution in [2.24, 2.45) is 0 Å². The number of likely N-dealkylation sites (tertiary alicyclic amines) is 1. The number of halogens is 1. The molecule has 0 saturated carbocycles. The first kappa shape index (κ1) is 20.8. The Bertz CT molecular complexity index is 1230. The lowest BCUT2D eigenvalue weighted by Gasteiger charge is -2.32. The Morgan fingerprint density at radius 1 is 1.06 bits per heavy atom. The molecule has 4 aromatic rings. The van der Waals surface area contributed by atoms with E-state index in [0.717, 1.165) is 66.3 Å². The average Bonchev–Trinajstić information content (AvgIpc) is 3.17. The Morgan fingerprint density at radius 2 is 1.97 bits per heavy atom. The molecule has 32 heavy (non-hydrogen) atoms. The molecule has 1 saturated heterocycles. The molecule has 164 valence electrons. The van der Waals surface area contributed by atoms with Gasteiger partial charge in [-0.05, 0) is 75.0 Å². The van der Waals surface area contributed by atoms with E-state index in [4.69, 9.17) is 9.97 Å². The highest BCUT2D eigenvalue weighted by Crippen LogP contribution is 2.27. The van der Waals surface area contributed by atoms with Crippen LogP contribution in [0, 0.1) is 19.7 Å². The highest BCUT2D eigenvalue weighted by Gasteiger charge is 2.23. The molecule has 0 radical (unpaired) electrons. The van der Waals surface area contributed by atoms with Gasteiger partial charge in [-0.15, -0.1) is 0 Å². The summed E-state index contributed by atoms with van der Waals surface area (Å²) in [4.78, 5) is 12.0. The van der Waals surface area contributed by atoms with E-state index in [0.29, 0.717) is 12.3 Å². The van der Waals surface area contributed by atoms with Crippen LogP contribution in [0.25, 0.3) is 5.65 Å². The fourth-order valence-electron chi connectivity index (χ4n) is 4.77. The standard InChI is InChI=1S/C26H28FN5/c1-18-11-19(2)32-26(30-18)23(15-29-32)17-31-10-4-6-22(16-31)25-9-8-21(14-28-25)12-20-5-3-7-24(27)13-20/h3,5,7-9,11,13-15,22H,4,6,10,12,16-17H2,1-2H3/t22-/m0/s1. The molecule has 4 heterocycles. The minimum absolute atomic E-state index is 0.193.